The van der Waals surface area contributed by atoms with E-state index in [9.17, 15) is 9.59 Å². The van der Waals surface area contributed by atoms with Crippen molar-refractivity contribution < 1.29 is 4.79 Å². The van der Waals surface area contributed by atoms with Gasteiger partial charge in [0.15, 0.2) is 0 Å². The monoisotopic (exact) mass is 267 g/mol. The Bertz CT molecular complexity index is 480. The summed E-state index contributed by atoms with van der Waals surface area (Å²) in [6.07, 6.45) is 1.68. The predicted molar refractivity (Wildman–Crippen MR) is 74.1 cm³/mol. The fraction of sp³-hybridized carbons (Fsp3) is 0.500. The van der Waals surface area contributed by atoms with Crippen molar-refractivity contribution in [3.05, 3.63) is 28.7 Å². The van der Waals surface area contributed by atoms with Crippen LogP contribution in [0.5, 0.6) is 0 Å². The van der Waals surface area contributed by atoms with Crippen LogP contribution in [0.4, 0.5) is 5.69 Å². The van der Waals surface area contributed by atoms with Crippen molar-refractivity contribution in [3.8, 4) is 0 Å². The minimum atomic E-state index is -0.147. The molecule has 0 aromatic carbocycles. The van der Waals surface area contributed by atoms with Gasteiger partial charge in [0.25, 0.3) is 5.56 Å². The standard InChI is InChI=1S/C12H17N3O2S/c1-2-15-7-9(3-4-11(15)16)14-12(17)10-8-18-6-5-13-10/h3-4,7,10,13H,2,5-6,8H2,1H3,(H,14,17). The molecule has 1 saturated heterocycles. The minimum absolute atomic E-state index is 0.0384. The molecule has 0 saturated carbocycles. The van der Waals surface area contributed by atoms with E-state index in [0.717, 1.165) is 18.1 Å². The average molecular weight is 267 g/mol. The van der Waals surface area contributed by atoms with Gasteiger partial charge in [-0.25, -0.2) is 0 Å². The van der Waals surface area contributed by atoms with Crippen LogP contribution in [0.2, 0.25) is 0 Å². The fourth-order valence-electron chi connectivity index (χ4n) is 1.82. The summed E-state index contributed by atoms with van der Waals surface area (Å²) < 4.78 is 1.57. The third-order valence-electron chi connectivity index (χ3n) is 2.83. The Morgan fingerprint density at radius 3 is 3.11 bits per heavy atom. The first-order chi connectivity index (χ1) is 8.70. The molecule has 98 valence electrons. The van der Waals surface area contributed by atoms with Crippen molar-refractivity contribution in [2.24, 2.45) is 0 Å². The molecular weight excluding hydrogens is 250 g/mol. The summed E-state index contributed by atoms with van der Waals surface area (Å²) >= 11 is 1.77. The summed E-state index contributed by atoms with van der Waals surface area (Å²) in [5.41, 5.74) is 0.612. The molecule has 2 N–H and O–H groups in total. The molecule has 0 radical (unpaired) electrons. The number of anilines is 1. The van der Waals surface area contributed by atoms with E-state index in [1.165, 1.54) is 6.07 Å². The predicted octanol–water partition coefficient (Wildman–Crippen LogP) is 0.512. The van der Waals surface area contributed by atoms with E-state index in [4.69, 9.17) is 0 Å². The molecule has 1 amide bonds. The lowest BCUT2D eigenvalue weighted by atomic mass is 10.3. The summed E-state index contributed by atoms with van der Waals surface area (Å²) in [6.45, 7) is 3.35. The van der Waals surface area contributed by atoms with Crippen LogP contribution in [0.3, 0.4) is 0 Å². The average Bonchev–Trinajstić information content (AvgIpc) is 2.42. The van der Waals surface area contributed by atoms with Gasteiger partial charge >= 0.3 is 0 Å². The number of pyridine rings is 1. The maximum Gasteiger partial charge on any atom is 0.250 e. The van der Waals surface area contributed by atoms with Gasteiger partial charge in [-0.3, -0.25) is 9.59 Å². The van der Waals surface area contributed by atoms with Crippen LogP contribution < -0.4 is 16.2 Å². The van der Waals surface area contributed by atoms with E-state index in [2.05, 4.69) is 10.6 Å². The van der Waals surface area contributed by atoms with Crippen molar-refractivity contribution in [3.63, 3.8) is 0 Å². The smallest absolute Gasteiger partial charge is 0.250 e. The number of rotatable bonds is 3. The quantitative estimate of drug-likeness (QED) is 0.838. The van der Waals surface area contributed by atoms with Crippen LogP contribution in [0.1, 0.15) is 6.92 Å². The van der Waals surface area contributed by atoms with Crippen LogP contribution in [0.25, 0.3) is 0 Å². The molecule has 1 aliphatic heterocycles. The normalized spacial score (nSPS) is 19.5. The number of nitrogens with one attached hydrogen (secondary N) is 2. The largest absolute Gasteiger partial charge is 0.323 e. The summed E-state index contributed by atoms with van der Waals surface area (Å²) in [4.78, 5) is 23.4. The van der Waals surface area contributed by atoms with E-state index in [0.29, 0.717) is 12.2 Å². The minimum Gasteiger partial charge on any atom is -0.323 e. The van der Waals surface area contributed by atoms with Gasteiger partial charge < -0.3 is 15.2 Å². The fourth-order valence-corrected chi connectivity index (χ4v) is 2.75. The van der Waals surface area contributed by atoms with E-state index in [1.54, 1.807) is 28.6 Å². The van der Waals surface area contributed by atoms with E-state index < -0.39 is 0 Å². The number of aromatic nitrogens is 1. The first-order valence-electron chi connectivity index (χ1n) is 6.03. The summed E-state index contributed by atoms with van der Waals surface area (Å²) in [6, 6.07) is 2.97. The maximum absolute atomic E-state index is 12.0. The molecule has 0 aliphatic carbocycles. The van der Waals surface area contributed by atoms with Crippen molar-refractivity contribution >= 4 is 23.4 Å². The second kappa shape index (κ2) is 6.06. The molecule has 2 heterocycles. The zero-order valence-corrected chi connectivity index (χ0v) is 11.1. The van der Waals surface area contributed by atoms with Gasteiger partial charge in [-0.05, 0) is 13.0 Å². The molecule has 18 heavy (non-hydrogen) atoms. The summed E-state index contributed by atoms with van der Waals surface area (Å²) in [5.74, 6) is 1.80. The molecule has 6 heteroatoms. The van der Waals surface area contributed by atoms with Crippen molar-refractivity contribution in [2.75, 3.05) is 23.4 Å². The van der Waals surface area contributed by atoms with Crippen LogP contribution in [0.15, 0.2) is 23.1 Å². The highest BCUT2D eigenvalue weighted by Gasteiger charge is 2.20. The molecular formula is C12H17N3O2S. The maximum atomic E-state index is 12.0. The highest BCUT2D eigenvalue weighted by atomic mass is 32.2. The lowest BCUT2D eigenvalue weighted by Gasteiger charge is -2.22. The second-order valence-electron chi connectivity index (χ2n) is 4.11. The second-order valence-corrected chi connectivity index (χ2v) is 5.26. The molecule has 5 nitrogen and oxygen atoms in total. The van der Waals surface area contributed by atoms with E-state index in [1.807, 2.05) is 6.92 Å². The molecule has 1 aliphatic rings. The molecule has 1 unspecified atom stereocenters. The molecule has 0 spiro atoms. The Morgan fingerprint density at radius 2 is 2.44 bits per heavy atom. The van der Waals surface area contributed by atoms with Crippen LogP contribution in [-0.4, -0.2) is 34.6 Å². The number of aryl methyl sites for hydroxylation is 1. The Labute approximate surface area is 110 Å². The van der Waals surface area contributed by atoms with Crippen LogP contribution in [-0.2, 0) is 11.3 Å². The Morgan fingerprint density at radius 1 is 1.61 bits per heavy atom. The van der Waals surface area contributed by atoms with Gasteiger partial charge in [-0.1, -0.05) is 0 Å². The van der Waals surface area contributed by atoms with Crippen molar-refractivity contribution in [1.82, 2.24) is 9.88 Å². The van der Waals surface area contributed by atoms with Crippen molar-refractivity contribution in [2.45, 2.75) is 19.5 Å². The summed E-state index contributed by atoms with van der Waals surface area (Å²) in [5, 5.41) is 6.02. The van der Waals surface area contributed by atoms with Crippen LogP contribution >= 0.6 is 11.8 Å². The first-order valence-corrected chi connectivity index (χ1v) is 7.18. The van der Waals surface area contributed by atoms with Gasteiger partial charge in [0.2, 0.25) is 5.91 Å². The Balaban J connectivity index is 2.04. The zero-order valence-electron chi connectivity index (χ0n) is 10.3. The number of hydrogen-bond donors (Lipinski definition) is 2. The highest BCUT2D eigenvalue weighted by Crippen LogP contribution is 2.10. The first kappa shape index (κ1) is 13.2. The van der Waals surface area contributed by atoms with E-state index >= 15 is 0 Å². The highest BCUT2D eigenvalue weighted by molar-refractivity contribution is 7.99. The van der Waals surface area contributed by atoms with E-state index in [-0.39, 0.29) is 17.5 Å². The molecule has 1 aromatic heterocycles. The molecule has 1 fully saturated rings. The van der Waals surface area contributed by atoms with Crippen LogP contribution in [0, 0.1) is 0 Å². The molecule has 1 aromatic rings. The SMILES string of the molecule is CCn1cc(NC(=O)C2CSCCN2)ccc1=O. The van der Waals surface area contributed by atoms with Gasteiger partial charge in [0.1, 0.15) is 0 Å². The molecule has 1 atom stereocenters. The zero-order chi connectivity index (χ0) is 13.0. The topological polar surface area (TPSA) is 63.1 Å². The van der Waals surface area contributed by atoms with Crippen molar-refractivity contribution in [1.29, 1.82) is 0 Å². The number of nitrogens with zero attached hydrogens (tertiary/aromatic N) is 1. The Kier molecular flexibility index (Phi) is 4.43. The number of amides is 1. The number of carbonyl (C=O) groups is 1. The van der Waals surface area contributed by atoms with Gasteiger partial charge in [0, 0.05) is 36.9 Å². The third-order valence-corrected chi connectivity index (χ3v) is 3.89. The lowest BCUT2D eigenvalue weighted by molar-refractivity contribution is -0.117. The lowest BCUT2D eigenvalue weighted by Crippen LogP contribution is -2.46. The number of thioether (sulfide) groups is 1. The Hall–Kier alpha value is -1.27. The summed E-state index contributed by atoms with van der Waals surface area (Å²) in [7, 11) is 0. The molecule has 2 rings (SSSR count). The van der Waals surface area contributed by atoms with Gasteiger partial charge in [0.05, 0.1) is 11.7 Å². The number of hydrogen-bond acceptors (Lipinski definition) is 4. The third kappa shape index (κ3) is 3.14. The number of carbonyl (C=O) groups excluding carboxylic acids is 1. The molecule has 0 bridgehead atoms. The van der Waals surface area contributed by atoms with Gasteiger partial charge in [-0.15, -0.1) is 0 Å². The van der Waals surface area contributed by atoms with Gasteiger partial charge in [-0.2, -0.15) is 11.8 Å².